The van der Waals surface area contributed by atoms with Crippen molar-refractivity contribution in [3.05, 3.63) is 29.1 Å². The van der Waals surface area contributed by atoms with Crippen molar-refractivity contribution in [3.63, 3.8) is 0 Å². The minimum absolute atomic E-state index is 0.0840. The second kappa shape index (κ2) is 5.26. The highest BCUT2D eigenvalue weighted by Gasteiger charge is 2.30. The summed E-state index contributed by atoms with van der Waals surface area (Å²) in [5.41, 5.74) is -1.20. The predicted molar refractivity (Wildman–Crippen MR) is 60.5 cm³/mol. The number of hydrogen-bond donors (Lipinski definition) is 1. The van der Waals surface area contributed by atoms with Crippen LogP contribution < -0.4 is 5.32 Å². The summed E-state index contributed by atoms with van der Waals surface area (Å²) in [6, 6.07) is 0.0840. The molecule has 0 aromatic heterocycles. The van der Waals surface area contributed by atoms with Gasteiger partial charge in [-0.2, -0.15) is 0 Å². The first kappa shape index (κ1) is 14.5. The monoisotopic (exact) mass is 294 g/mol. The maximum atomic E-state index is 13.3. The number of carbonyl (C=O) groups excluding carboxylic acids is 1. The molecule has 1 aromatic rings. The Morgan fingerprint density at radius 1 is 1.05 bits per heavy atom. The number of nitrogens with zero attached hydrogens (tertiary/aromatic N) is 1. The van der Waals surface area contributed by atoms with Crippen molar-refractivity contribution in [2.24, 2.45) is 0 Å². The Labute approximate surface area is 111 Å². The van der Waals surface area contributed by atoms with Gasteiger partial charge in [-0.05, 0) is 12.8 Å². The Bertz CT molecular complexity index is 530. The fraction of sp³-hybridized carbons (Fsp3) is 0.417. The predicted octanol–water partition coefficient (Wildman–Crippen LogP) is 2.41. The van der Waals surface area contributed by atoms with Gasteiger partial charge in [-0.3, -0.25) is 4.79 Å². The number of hydrogen-bond acceptors (Lipinski definition) is 2. The third-order valence-electron chi connectivity index (χ3n) is 3.11. The summed E-state index contributed by atoms with van der Waals surface area (Å²) < 4.78 is 65.3. The van der Waals surface area contributed by atoms with Gasteiger partial charge in [0.05, 0.1) is 6.54 Å². The van der Waals surface area contributed by atoms with E-state index >= 15 is 0 Å². The van der Waals surface area contributed by atoms with Crippen LogP contribution in [0.25, 0.3) is 0 Å². The molecule has 1 N–H and O–H groups in total. The first-order valence-corrected chi connectivity index (χ1v) is 5.85. The number of nitrogens with one attached hydrogen (secondary N) is 1. The zero-order valence-corrected chi connectivity index (χ0v) is 10.4. The molecule has 0 radical (unpaired) electrons. The third kappa shape index (κ3) is 2.54. The van der Waals surface area contributed by atoms with E-state index in [1.807, 2.05) is 5.32 Å². The molecule has 1 amide bonds. The number of anilines is 1. The zero-order valence-electron chi connectivity index (χ0n) is 10.4. The number of likely N-dealkylation sites (N-methyl/N-ethyl adjacent to an activating group) is 1. The minimum atomic E-state index is -2.23. The van der Waals surface area contributed by atoms with Gasteiger partial charge in [-0.1, -0.05) is 0 Å². The van der Waals surface area contributed by atoms with Crippen LogP contribution in [0.4, 0.5) is 27.6 Å². The lowest BCUT2D eigenvalue weighted by Gasteiger charge is -2.17. The van der Waals surface area contributed by atoms with Crippen molar-refractivity contribution in [1.29, 1.82) is 0 Å². The summed E-state index contributed by atoms with van der Waals surface area (Å²) in [6.45, 7) is -0.550. The molecule has 2 rings (SSSR count). The maximum Gasteiger partial charge on any atom is 0.241 e. The number of carbonyl (C=O) groups is 1. The second-order valence-corrected chi connectivity index (χ2v) is 4.53. The van der Waals surface area contributed by atoms with Crippen molar-refractivity contribution >= 4 is 11.6 Å². The molecule has 0 bridgehead atoms. The van der Waals surface area contributed by atoms with Crippen LogP contribution in [0.2, 0.25) is 0 Å². The van der Waals surface area contributed by atoms with E-state index in [0.717, 1.165) is 12.8 Å². The van der Waals surface area contributed by atoms with Crippen molar-refractivity contribution < 1.29 is 26.7 Å². The topological polar surface area (TPSA) is 32.3 Å². The minimum Gasteiger partial charge on any atom is -0.371 e. The van der Waals surface area contributed by atoms with E-state index in [1.165, 1.54) is 11.9 Å². The molecule has 20 heavy (non-hydrogen) atoms. The van der Waals surface area contributed by atoms with E-state index in [9.17, 15) is 26.7 Å². The molecule has 0 spiro atoms. The zero-order chi connectivity index (χ0) is 15.0. The standard InChI is InChI=1S/C12H11F5N2O/c1-19(5-2-3-5)6(20)4-18-12-10(16)8(14)7(13)9(15)11(12)17/h5,18H,2-4H2,1H3. The van der Waals surface area contributed by atoms with Gasteiger partial charge >= 0.3 is 0 Å². The average Bonchev–Trinajstić information content (AvgIpc) is 3.26. The van der Waals surface area contributed by atoms with Gasteiger partial charge in [-0.25, -0.2) is 22.0 Å². The van der Waals surface area contributed by atoms with Crippen LogP contribution in [0.5, 0.6) is 0 Å². The summed E-state index contributed by atoms with van der Waals surface area (Å²) in [6.07, 6.45) is 1.68. The highest BCUT2D eigenvalue weighted by molar-refractivity contribution is 5.81. The van der Waals surface area contributed by atoms with Gasteiger partial charge < -0.3 is 10.2 Å². The summed E-state index contributed by atoms with van der Waals surface area (Å²) in [4.78, 5) is 13.0. The third-order valence-corrected chi connectivity index (χ3v) is 3.11. The van der Waals surface area contributed by atoms with Crippen molar-refractivity contribution in [2.45, 2.75) is 18.9 Å². The molecule has 0 heterocycles. The largest absolute Gasteiger partial charge is 0.371 e. The second-order valence-electron chi connectivity index (χ2n) is 4.53. The molecule has 1 saturated carbocycles. The van der Waals surface area contributed by atoms with Gasteiger partial charge in [0.2, 0.25) is 11.7 Å². The lowest BCUT2D eigenvalue weighted by atomic mass is 10.2. The van der Waals surface area contributed by atoms with Crippen LogP contribution in [-0.2, 0) is 4.79 Å². The van der Waals surface area contributed by atoms with E-state index in [1.54, 1.807) is 0 Å². The maximum absolute atomic E-state index is 13.3. The molecule has 0 saturated heterocycles. The van der Waals surface area contributed by atoms with Gasteiger partial charge in [-0.15, -0.1) is 0 Å². The molecule has 1 aliphatic carbocycles. The normalized spacial score (nSPS) is 14.3. The highest BCUT2D eigenvalue weighted by Crippen LogP contribution is 2.28. The number of halogens is 5. The smallest absolute Gasteiger partial charge is 0.241 e. The van der Waals surface area contributed by atoms with Gasteiger partial charge in [0.1, 0.15) is 5.69 Å². The molecule has 3 nitrogen and oxygen atoms in total. The Morgan fingerprint density at radius 3 is 1.95 bits per heavy atom. The first-order valence-electron chi connectivity index (χ1n) is 5.85. The molecule has 0 aliphatic heterocycles. The fourth-order valence-corrected chi connectivity index (χ4v) is 1.71. The van der Waals surface area contributed by atoms with Crippen LogP contribution in [0.15, 0.2) is 0 Å². The van der Waals surface area contributed by atoms with Crippen LogP contribution in [0.3, 0.4) is 0 Å². The van der Waals surface area contributed by atoms with Gasteiger partial charge in [0.15, 0.2) is 23.3 Å². The number of amides is 1. The summed E-state index contributed by atoms with van der Waals surface area (Å²) in [7, 11) is 1.51. The van der Waals surface area contributed by atoms with Crippen LogP contribution in [-0.4, -0.2) is 30.4 Å². The molecule has 8 heteroatoms. The van der Waals surface area contributed by atoms with Crippen molar-refractivity contribution in [3.8, 4) is 0 Å². The summed E-state index contributed by atoms with van der Waals surface area (Å²) in [5.74, 6) is -10.8. The Morgan fingerprint density at radius 2 is 1.50 bits per heavy atom. The van der Waals surface area contributed by atoms with E-state index in [0.29, 0.717) is 0 Å². The van der Waals surface area contributed by atoms with E-state index < -0.39 is 47.2 Å². The van der Waals surface area contributed by atoms with Crippen LogP contribution in [0.1, 0.15) is 12.8 Å². The van der Waals surface area contributed by atoms with Crippen molar-refractivity contribution in [1.82, 2.24) is 4.90 Å². The summed E-state index contributed by atoms with van der Waals surface area (Å²) >= 11 is 0. The lowest BCUT2D eigenvalue weighted by Crippen LogP contribution is -2.34. The quantitative estimate of drug-likeness (QED) is 0.525. The number of benzene rings is 1. The molecular formula is C12H11F5N2O. The van der Waals surface area contributed by atoms with Crippen molar-refractivity contribution in [2.75, 3.05) is 18.9 Å². The fourth-order valence-electron chi connectivity index (χ4n) is 1.71. The SMILES string of the molecule is CN(C(=O)CNc1c(F)c(F)c(F)c(F)c1F)C1CC1. The number of rotatable bonds is 4. The average molecular weight is 294 g/mol. The molecule has 1 fully saturated rings. The van der Waals surface area contributed by atoms with Crippen LogP contribution in [0, 0.1) is 29.1 Å². The Kier molecular flexibility index (Phi) is 3.82. The Balaban J connectivity index is 2.15. The van der Waals surface area contributed by atoms with Crippen LogP contribution >= 0.6 is 0 Å². The van der Waals surface area contributed by atoms with E-state index in [4.69, 9.17) is 0 Å². The molecular weight excluding hydrogens is 283 g/mol. The van der Waals surface area contributed by atoms with Gasteiger partial charge in [0, 0.05) is 13.1 Å². The molecule has 110 valence electrons. The molecule has 1 aromatic carbocycles. The van der Waals surface area contributed by atoms with Gasteiger partial charge in [0.25, 0.3) is 0 Å². The Hall–Kier alpha value is -1.86. The molecule has 0 unspecified atom stereocenters. The van der Waals surface area contributed by atoms with E-state index in [2.05, 4.69) is 0 Å². The summed E-state index contributed by atoms with van der Waals surface area (Å²) in [5, 5.41) is 1.97. The van der Waals surface area contributed by atoms with E-state index in [-0.39, 0.29) is 6.04 Å². The molecule has 1 aliphatic rings. The first-order chi connectivity index (χ1) is 9.34. The lowest BCUT2D eigenvalue weighted by molar-refractivity contribution is -0.128. The highest BCUT2D eigenvalue weighted by atomic mass is 19.2. The molecule has 0 atom stereocenters.